The third-order valence-corrected chi connectivity index (χ3v) is 4.43. The van der Waals surface area contributed by atoms with Gasteiger partial charge in [0.25, 0.3) is 0 Å². The number of rotatable bonds is 5. The van der Waals surface area contributed by atoms with Gasteiger partial charge in [-0.05, 0) is 29.3 Å². The lowest BCUT2D eigenvalue weighted by atomic mass is 9.95. The van der Waals surface area contributed by atoms with E-state index in [0.29, 0.717) is 37.3 Å². The molecule has 2 aromatic carbocycles. The predicted octanol–water partition coefficient (Wildman–Crippen LogP) is 3.63. The van der Waals surface area contributed by atoms with Crippen LogP contribution in [0.3, 0.4) is 0 Å². The van der Waals surface area contributed by atoms with Gasteiger partial charge in [-0.1, -0.05) is 18.2 Å². The number of nitro benzene ring substituents is 1. The first-order chi connectivity index (χ1) is 13.2. The van der Waals surface area contributed by atoms with Crippen molar-refractivity contribution >= 4 is 5.69 Å². The maximum atomic E-state index is 13.8. The summed E-state index contributed by atoms with van der Waals surface area (Å²) in [6.07, 6.45) is -4.79. The minimum Gasteiger partial charge on any atom is -0.406 e. The molecule has 1 N–H and O–H groups in total. The van der Waals surface area contributed by atoms with E-state index < -0.39 is 28.8 Å². The molecular weight excluding hydrogens is 382 g/mol. The van der Waals surface area contributed by atoms with Crippen molar-refractivity contribution in [1.82, 2.24) is 10.2 Å². The fourth-order valence-electron chi connectivity index (χ4n) is 3.25. The quantitative estimate of drug-likeness (QED) is 0.473. The minimum absolute atomic E-state index is 0.361. The van der Waals surface area contributed by atoms with Crippen LogP contribution in [0.5, 0.6) is 5.75 Å². The minimum atomic E-state index is -4.79. The van der Waals surface area contributed by atoms with Gasteiger partial charge in [-0.2, -0.15) is 4.39 Å². The van der Waals surface area contributed by atoms with Crippen molar-refractivity contribution in [1.29, 1.82) is 0 Å². The van der Waals surface area contributed by atoms with Crippen LogP contribution in [0.15, 0.2) is 42.5 Å². The highest BCUT2D eigenvalue weighted by atomic mass is 19.4. The Labute approximate surface area is 157 Å². The molecule has 150 valence electrons. The number of piperazine rings is 1. The van der Waals surface area contributed by atoms with Crippen LogP contribution in [0, 0.1) is 15.9 Å². The van der Waals surface area contributed by atoms with Gasteiger partial charge in [0.1, 0.15) is 5.75 Å². The Morgan fingerprint density at radius 2 is 1.68 bits per heavy atom. The number of hydrogen-bond acceptors (Lipinski definition) is 5. The van der Waals surface area contributed by atoms with E-state index in [2.05, 4.69) is 10.1 Å². The molecule has 1 aliphatic rings. The Balaban J connectivity index is 1.98. The topological polar surface area (TPSA) is 67.6 Å². The lowest BCUT2D eigenvalue weighted by molar-refractivity contribution is -0.387. The van der Waals surface area contributed by atoms with Crippen LogP contribution in [-0.4, -0.2) is 42.4 Å². The first kappa shape index (κ1) is 20.0. The van der Waals surface area contributed by atoms with Gasteiger partial charge in [0.15, 0.2) is 0 Å². The normalized spacial score (nSPS) is 16.6. The first-order valence-corrected chi connectivity index (χ1v) is 8.49. The molecular formula is C18H17F4N3O3. The second-order valence-corrected chi connectivity index (χ2v) is 6.27. The standard InChI is InChI=1S/C18H17F4N3O3/c19-15-6-3-13(11-16(15)25(26)27)17(24-9-7-23-8-10-24)12-1-4-14(5-2-12)28-18(20,21)22/h1-6,11,17,23H,7-10H2/t17-/m1/s1. The van der Waals surface area contributed by atoms with Gasteiger partial charge >= 0.3 is 12.0 Å². The lowest BCUT2D eigenvalue weighted by Gasteiger charge is -2.35. The van der Waals surface area contributed by atoms with Crippen molar-refractivity contribution in [3.05, 3.63) is 69.5 Å². The van der Waals surface area contributed by atoms with Gasteiger partial charge < -0.3 is 10.1 Å². The number of ether oxygens (including phenoxy) is 1. The summed E-state index contributed by atoms with van der Waals surface area (Å²) in [6.45, 7) is 2.62. The van der Waals surface area contributed by atoms with Crippen molar-refractivity contribution in [3.8, 4) is 5.75 Å². The number of nitrogens with one attached hydrogen (secondary N) is 1. The van der Waals surface area contributed by atoms with E-state index in [-0.39, 0.29) is 5.75 Å². The Hall–Kier alpha value is -2.72. The Bertz CT molecular complexity index is 837. The molecule has 1 fully saturated rings. The van der Waals surface area contributed by atoms with Gasteiger partial charge in [0, 0.05) is 32.2 Å². The summed E-state index contributed by atoms with van der Waals surface area (Å²) >= 11 is 0. The summed E-state index contributed by atoms with van der Waals surface area (Å²) in [7, 11) is 0. The molecule has 0 radical (unpaired) electrons. The van der Waals surface area contributed by atoms with Crippen molar-refractivity contribution in [2.24, 2.45) is 0 Å². The Morgan fingerprint density at radius 3 is 2.25 bits per heavy atom. The highest BCUT2D eigenvalue weighted by Gasteiger charge is 2.31. The molecule has 2 aromatic rings. The monoisotopic (exact) mass is 399 g/mol. The zero-order valence-electron chi connectivity index (χ0n) is 14.6. The highest BCUT2D eigenvalue weighted by molar-refractivity contribution is 5.42. The third-order valence-electron chi connectivity index (χ3n) is 4.43. The van der Waals surface area contributed by atoms with E-state index >= 15 is 0 Å². The number of hydrogen-bond donors (Lipinski definition) is 1. The smallest absolute Gasteiger partial charge is 0.406 e. The molecule has 3 rings (SSSR count). The number of benzene rings is 2. The summed E-state index contributed by atoms with van der Waals surface area (Å²) in [5.74, 6) is -1.30. The Kier molecular flexibility index (Phi) is 5.80. The van der Waals surface area contributed by atoms with E-state index in [1.165, 1.54) is 36.4 Å². The second-order valence-electron chi connectivity index (χ2n) is 6.27. The number of halogens is 4. The van der Waals surface area contributed by atoms with Gasteiger partial charge in [-0.3, -0.25) is 15.0 Å². The van der Waals surface area contributed by atoms with E-state index in [9.17, 15) is 27.7 Å². The van der Waals surface area contributed by atoms with Crippen LogP contribution in [0.2, 0.25) is 0 Å². The van der Waals surface area contributed by atoms with Crippen LogP contribution in [-0.2, 0) is 0 Å². The van der Waals surface area contributed by atoms with Crippen LogP contribution in [0.25, 0.3) is 0 Å². The summed E-state index contributed by atoms with van der Waals surface area (Å²) in [5, 5.41) is 14.3. The Morgan fingerprint density at radius 1 is 1.07 bits per heavy atom. The SMILES string of the molecule is O=[N+]([O-])c1cc([C@@H](c2ccc(OC(F)(F)F)cc2)N2CCNCC2)ccc1F. The molecule has 1 atom stereocenters. The van der Waals surface area contributed by atoms with E-state index in [4.69, 9.17) is 0 Å². The summed E-state index contributed by atoms with van der Waals surface area (Å²) in [5.41, 5.74) is 0.464. The van der Waals surface area contributed by atoms with E-state index in [1.807, 2.05) is 4.90 Å². The molecule has 0 aliphatic carbocycles. The average molecular weight is 399 g/mol. The van der Waals surface area contributed by atoms with E-state index in [1.54, 1.807) is 0 Å². The molecule has 28 heavy (non-hydrogen) atoms. The molecule has 1 aliphatic heterocycles. The van der Waals surface area contributed by atoms with Gasteiger partial charge in [-0.15, -0.1) is 13.2 Å². The molecule has 0 spiro atoms. The van der Waals surface area contributed by atoms with Crippen molar-refractivity contribution in [3.63, 3.8) is 0 Å². The zero-order valence-corrected chi connectivity index (χ0v) is 14.6. The number of nitrogens with zero attached hydrogens (tertiary/aromatic N) is 2. The molecule has 0 unspecified atom stereocenters. The van der Waals surface area contributed by atoms with Crippen LogP contribution < -0.4 is 10.1 Å². The number of nitro groups is 1. The summed E-state index contributed by atoms with van der Waals surface area (Å²) in [6, 6.07) is 8.51. The molecule has 0 amide bonds. The molecule has 1 saturated heterocycles. The number of alkyl halides is 3. The molecule has 0 aromatic heterocycles. The van der Waals surface area contributed by atoms with Crippen molar-refractivity contribution in [2.75, 3.05) is 26.2 Å². The second kappa shape index (κ2) is 8.11. The lowest BCUT2D eigenvalue weighted by Crippen LogP contribution is -2.45. The van der Waals surface area contributed by atoms with Gasteiger partial charge in [0.2, 0.25) is 5.82 Å². The highest BCUT2D eigenvalue weighted by Crippen LogP contribution is 2.33. The maximum absolute atomic E-state index is 13.8. The first-order valence-electron chi connectivity index (χ1n) is 8.49. The van der Waals surface area contributed by atoms with Crippen LogP contribution in [0.1, 0.15) is 17.2 Å². The largest absolute Gasteiger partial charge is 0.573 e. The summed E-state index contributed by atoms with van der Waals surface area (Å²) < 4.78 is 54.8. The third kappa shape index (κ3) is 4.76. The predicted molar refractivity (Wildman–Crippen MR) is 92.5 cm³/mol. The molecule has 1 heterocycles. The molecule has 10 heteroatoms. The maximum Gasteiger partial charge on any atom is 0.573 e. The van der Waals surface area contributed by atoms with Crippen LogP contribution in [0.4, 0.5) is 23.2 Å². The average Bonchev–Trinajstić information content (AvgIpc) is 2.64. The summed E-state index contributed by atoms with van der Waals surface area (Å²) in [4.78, 5) is 12.3. The van der Waals surface area contributed by atoms with E-state index in [0.717, 1.165) is 6.07 Å². The van der Waals surface area contributed by atoms with Gasteiger partial charge in [-0.25, -0.2) is 0 Å². The molecule has 0 bridgehead atoms. The van der Waals surface area contributed by atoms with Crippen molar-refractivity contribution < 1.29 is 27.2 Å². The van der Waals surface area contributed by atoms with Crippen molar-refractivity contribution in [2.45, 2.75) is 12.4 Å². The fraction of sp³-hybridized carbons (Fsp3) is 0.333. The molecule has 0 saturated carbocycles. The van der Waals surface area contributed by atoms with Gasteiger partial charge in [0.05, 0.1) is 11.0 Å². The fourth-order valence-corrected chi connectivity index (χ4v) is 3.25. The molecule has 6 nitrogen and oxygen atoms in total. The zero-order chi connectivity index (χ0) is 20.3. The van der Waals surface area contributed by atoms with Crippen LogP contribution >= 0.6 is 0 Å².